The largest absolute Gasteiger partial charge is 0.378 e. The lowest BCUT2D eigenvalue weighted by Gasteiger charge is -2.54. The Morgan fingerprint density at radius 3 is 2.88 bits per heavy atom. The highest BCUT2D eigenvalue weighted by Crippen LogP contribution is 2.54. The van der Waals surface area contributed by atoms with Crippen molar-refractivity contribution >= 4 is 5.78 Å². The van der Waals surface area contributed by atoms with Crippen LogP contribution in [0, 0.1) is 17.3 Å². The first kappa shape index (κ1) is 12.1. The lowest BCUT2D eigenvalue weighted by atomic mass is 9.52. The van der Waals surface area contributed by atoms with Crippen LogP contribution in [0.4, 0.5) is 0 Å². The van der Waals surface area contributed by atoms with Crippen LogP contribution in [0.2, 0.25) is 0 Å². The predicted molar refractivity (Wildman–Crippen MR) is 64.3 cm³/mol. The predicted octanol–water partition coefficient (Wildman–Crippen LogP) is 3.20. The zero-order valence-corrected chi connectivity index (χ0v) is 10.8. The van der Waals surface area contributed by atoms with Crippen LogP contribution in [0.25, 0.3) is 0 Å². The molecule has 2 rings (SSSR count). The van der Waals surface area contributed by atoms with Gasteiger partial charge in [-0.2, -0.15) is 0 Å². The summed E-state index contributed by atoms with van der Waals surface area (Å²) in [5.74, 6) is 1.29. The first-order chi connectivity index (χ1) is 7.56. The number of fused-ring (bicyclic) bond motifs is 1. The van der Waals surface area contributed by atoms with Gasteiger partial charge in [0.15, 0.2) is 0 Å². The molecule has 0 amide bonds. The van der Waals surface area contributed by atoms with Crippen LogP contribution < -0.4 is 0 Å². The highest BCUT2D eigenvalue weighted by molar-refractivity contribution is 5.83. The second-order valence-corrected chi connectivity index (χ2v) is 6.09. The average Bonchev–Trinajstić information content (AvgIpc) is 2.17. The normalized spacial score (nSPS) is 36.7. The number of carbonyl (C=O) groups excluding carboxylic acids is 1. The molecule has 16 heavy (non-hydrogen) atoms. The zero-order chi connectivity index (χ0) is 11.8. The van der Waals surface area contributed by atoms with E-state index in [1.807, 2.05) is 0 Å². The Kier molecular flexibility index (Phi) is 3.39. The van der Waals surface area contributed by atoms with Crippen LogP contribution in [-0.2, 0) is 9.53 Å². The van der Waals surface area contributed by atoms with Gasteiger partial charge < -0.3 is 4.74 Å². The highest BCUT2D eigenvalue weighted by atomic mass is 16.5. The maximum Gasteiger partial charge on any atom is 0.136 e. The molecular weight excluding hydrogens is 200 g/mol. The summed E-state index contributed by atoms with van der Waals surface area (Å²) in [5, 5.41) is 0. The Morgan fingerprint density at radius 2 is 2.19 bits per heavy atom. The summed E-state index contributed by atoms with van der Waals surface area (Å²) in [6.45, 7) is 7.65. The minimum Gasteiger partial charge on any atom is -0.378 e. The molecule has 3 unspecified atom stereocenters. The molecule has 92 valence electrons. The van der Waals surface area contributed by atoms with E-state index >= 15 is 0 Å². The van der Waals surface area contributed by atoms with Gasteiger partial charge in [0.25, 0.3) is 0 Å². The molecule has 0 aromatic rings. The SMILES string of the molecule is CCCCOC1CC2C(=O)CCC(C)(C)C12. The van der Waals surface area contributed by atoms with E-state index in [-0.39, 0.29) is 0 Å². The molecule has 0 saturated heterocycles. The van der Waals surface area contributed by atoms with E-state index in [2.05, 4.69) is 20.8 Å². The number of rotatable bonds is 4. The molecular formula is C14H24O2. The van der Waals surface area contributed by atoms with Gasteiger partial charge in [-0.15, -0.1) is 0 Å². The van der Waals surface area contributed by atoms with Gasteiger partial charge in [-0.3, -0.25) is 4.79 Å². The topological polar surface area (TPSA) is 26.3 Å². The van der Waals surface area contributed by atoms with Crippen LogP contribution in [0.5, 0.6) is 0 Å². The van der Waals surface area contributed by atoms with Crippen LogP contribution in [0.1, 0.15) is 52.9 Å². The smallest absolute Gasteiger partial charge is 0.136 e. The Balaban J connectivity index is 1.92. The Bertz CT molecular complexity index is 270. The third kappa shape index (κ3) is 2.04. The van der Waals surface area contributed by atoms with Gasteiger partial charge in [0.1, 0.15) is 5.78 Å². The number of hydrogen-bond donors (Lipinski definition) is 0. The highest BCUT2D eigenvalue weighted by Gasteiger charge is 2.55. The van der Waals surface area contributed by atoms with Crippen LogP contribution in [0.15, 0.2) is 0 Å². The van der Waals surface area contributed by atoms with Crippen molar-refractivity contribution in [2.24, 2.45) is 17.3 Å². The Morgan fingerprint density at radius 1 is 1.44 bits per heavy atom. The minimum atomic E-state index is 0.299. The molecule has 0 N–H and O–H groups in total. The fraction of sp³-hybridized carbons (Fsp3) is 0.929. The van der Waals surface area contributed by atoms with Gasteiger partial charge in [0.05, 0.1) is 6.10 Å². The second kappa shape index (κ2) is 4.48. The fourth-order valence-electron chi connectivity index (χ4n) is 3.33. The van der Waals surface area contributed by atoms with Crippen molar-refractivity contribution in [1.29, 1.82) is 0 Å². The van der Waals surface area contributed by atoms with E-state index in [0.29, 0.717) is 29.1 Å². The van der Waals surface area contributed by atoms with Crippen LogP contribution in [-0.4, -0.2) is 18.5 Å². The van der Waals surface area contributed by atoms with Gasteiger partial charge in [-0.05, 0) is 24.7 Å². The van der Waals surface area contributed by atoms with E-state index in [4.69, 9.17) is 4.74 Å². The van der Waals surface area contributed by atoms with Crippen molar-refractivity contribution in [1.82, 2.24) is 0 Å². The number of hydrogen-bond acceptors (Lipinski definition) is 2. The Labute approximate surface area is 98.7 Å². The van der Waals surface area contributed by atoms with E-state index in [1.54, 1.807) is 0 Å². The summed E-state index contributed by atoms with van der Waals surface area (Å²) < 4.78 is 5.92. The van der Waals surface area contributed by atoms with Crippen molar-refractivity contribution in [3.05, 3.63) is 0 Å². The van der Waals surface area contributed by atoms with Crippen LogP contribution >= 0.6 is 0 Å². The van der Waals surface area contributed by atoms with Crippen LogP contribution in [0.3, 0.4) is 0 Å². The standard InChI is InChI=1S/C14H24O2/c1-4-5-8-16-12-9-10-11(15)6-7-14(2,3)13(10)12/h10,12-13H,4-9H2,1-3H3. The number of carbonyl (C=O) groups is 1. The summed E-state index contributed by atoms with van der Waals surface area (Å²) in [7, 11) is 0. The monoisotopic (exact) mass is 224 g/mol. The zero-order valence-electron chi connectivity index (χ0n) is 10.8. The van der Waals surface area contributed by atoms with Gasteiger partial charge in [-0.1, -0.05) is 27.2 Å². The first-order valence-corrected chi connectivity index (χ1v) is 6.70. The summed E-state index contributed by atoms with van der Waals surface area (Å²) in [4.78, 5) is 11.8. The number of ketones is 1. The van der Waals surface area contributed by atoms with Crippen molar-refractivity contribution < 1.29 is 9.53 Å². The van der Waals surface area contributed by atoms with Gasteiger partial charge in [-0.25, -0.2) is 0 Å². The van der Waals surface area contributed by atoms with Crippen molar-refractivity contribution in [2.45, 2.75) is 59.0 Å². The van der Waals surface area contributed by atoms with Crippen molar-refractivity contribution in [2.75, 3.05) is 6.61 Å². The van der Waals surface area contributed by atoms with Gasteiger partial charge in [0, 0.05) is 24.9 Å². The lowest BCUT2D eigenvalue weighted by molar-refractivity contribution is -0.169. The van der Waals surface area contributed by atoms with E-state index < -0.39 is 0 Å². The van der Waals surface area contributed by atoms with Crippen molar-refractivity contribution in [3.63, 3.8) is 0 Å². The first-order valence-electron chi connectivity index (χ1n) is 6.70. The molecule has 2 heteroatoms. The molecule has 0 spiro atoms. The maximum atomic E-state index is 11.8. The molecule has 2 fully saturated rings. The molecule has 0 radical (unpaired) electrons. The lowest BCUT2D eigenvalue weighted by Crippen LogP contribution is -2.56. The summed E-state index contributed by atoms with van der Waals surface area (Å²) >= 11 is 0. The number of ether oxygens (including phenoxy) is 1. The molecule has 2 nitrogen and oxygen atoms in total. The van der Waals surface area contributed by atoms with Crippen molar-refractivity contribution in [3.8, 4) is 0 Å². The molecule has 0 heterocycles. The summed E-state index contributed by atoms with van der Waals surface area (Å²) in [6, 6.07) is 0. The molecule has 0 aromatic heterocycles. The maximum absolute atomic E-state index is 11.8. The second-order valence-electron chi connectivity index (χ2n) is 6.09. The molecule has 0 aliphatic heterocycles. The van der Waals surface area contributed by atoms with E-state index in [0.717, 1.165) is 32.3 Å². The van der Waals surface area contributed by atoms with E-state index in [9.17, 15) is 4.79 Å². The third-order valence-corrected chi connectivity index (χ3v) is 4.48. The quantitative estimate of drug-likeness (QED) is 0.685. The van der Waals surface area contributed by atoms with Gasteiger partial charge >= 0.3 is 0 Å². The third-order valence-electron chi connectivity index (χ3n) is 4.48. The fourth-order valence-corrected chi connectivity index (χ4v) is 3.33. The van der Waals surface area contributed by atoms with E-state index in [1.165, 1.54) is 6.42 Å². The molecule has 2 aliphatic rings. The average molecular weight is 224 g/mol. The summed E-state index contributed by atoms with van der Waals surface area (Å²) in [5.41, 5.74) is 0.299. The number of unbranched alkanes of at least 4 members (excludes halogenated alkanes) is 1. The number of Topliss-reactive ketones (excluding diaryl/α,β-unsaturated/α-hetero) is 1. The summed E-state index contributed by atoms with van der Waals surface area (Å²) in [6.07, 6.45) is 5.49. The molecule has 0 aromatic carbocycles. The van der Waals surface area contributed by atoms with Gasteiger partial charge in [0.2, 0.25) is 0 Å². The Hall–Kier alpha value is -0.370. The molecule has 0 bridgehead atoms. The molecule has 3 atom stereocenters. The minimum absolute atomic E-state index is 0.299. The molecule has 2 aliphatic carbocycles. The molecule has 2 saturated carbocycles.